The van der Waals surface area contributed by atoms with Crippen LogP contribution in [0.15, 0.2) is 108 Å². The highest BCUT2D eigenvalue weighted by molar-refractivity contribution is 7.92. The molecule has 36 heavy (non-hydrogen) atoms. The van der Waals surface area contributed by atoms with Gasteiger partial charge in [-0.25, -0.2) is 8.42 Å². The highest BCUT2D eigenvalue weighted by atomic mass is 32.2. The molecule has 0 bridgehead atoms. The van der Waals surface area contributed by atoms with Crippen LogP contribution >= 0.6 is 0 Å². The van der Waals surface area contributed by atoms with Gasteiger partial charge in [0.05, 0.1) is 16.6 Å². The molecule has 0 fully saturated rings. The molecule has 0 heterocycles. The Morgan fingerprint density at radius 1 is 0.750 bits per heavy atom. The van der Waals surface area contributed by atoms with Crippen LogP contribution in [0.1, 0.15) is 33.9 Å². The minimum absolute atomic E-state index is 0.142. The molecule has 0 aliphatic carbocycles. The maximum absolute atomic E-state index is 13.8. The van der Waals surface area contributed by atoms with Crippen molar-refractivity contribution in [2.75, 3.05) is 10.8 Å². The summed E-state index contributed by atoms with van der Waals surface area (Å²) in [5, 5.41) is 3.07. The Hall–Kier alpha value is -3.90. The Morgan fingerprint density at radius 3 is 1.81 bits per heavy atom. The molecule has 4 aromatic rings. The zero-order chi connectivity index (χ0) is 25.7. The van der Waals surface area contributed by atoms with E-state index in [0.29, 0.717) is 5.69 Å². The van der Waals surface area contributed by atoms with E-state index >= 15 is 0 Å². The first kappa shape index (κ1) is 25.2. The number of sulfonamides is 1. The highest BCUT2D eigenvalue weighted by Gasteiger charge is 2.29. The van der Waals surface area contributed by atoms with E-state index in [9.17, 15) is 13.2 Å². The summed E-state index contributed by atoms with van der Waals surface area (Å²) in [6, 6.07) is 31.1. The fourth-order valence-corrected chi connectivity index (χ4v) is 5.69. The number of carbonyl (C=O) groups excluding carboxylic acids is 1. The van der Waals surface area contributed by atoms with E-state index in [2.05, 4.69) is 5.32 Å². The second kappa shape index (κ2) is 10.8. The average molecular weight is 499 g/mol. The number of benzene rings is 4. The van der Waals surface area contributed by atoms with Crippen molar-refractivity contribution in [3.8, 4) is 0 Å². The van der Waals surface area contributed by atoms with Gasteiger partial charge in [0.15, 0.2) is 0 Å². The fraction of sp³-hybridized carbons (Fsp3) is 0.167. The van der Waals surface area contributed by atoms with Crippen molar-refractivity contribution in [1.82, 2.24) is 5.32 Å². The zero-order valence-corrected chi connectivity index (χ0v) is 21.5. The summed E-state index contributed by atoms with van der Waals surface area (Å²) in [5.74, 6) is -0.400. The van der Waals surface area contributed by atoms with Gasteiger partial charge < -0.3 is 5.32 Å². The molecule has 5 nitrogen and oxygen atoms in total. The van der Waals surface area contributed by atoms with Gasteiger partial charge >= 0.3 is 0 Å². The van der Waals surface area contributed by atoms with Crippen LogP contribution in [0, 0.1) is 20.8 Å². The molecule has 0 aromatic heterocycles. The largest absolute Gasteiger partial charge is 0.344 e. The van der Waals surface area contributed by atoms with E-state index < -0.39 is 22.0 Å². The summed E-state index contributed by atoms with van der Waals surface area (Å²) in [5.41, 5.74) is 5.06. The lowest BCUT2D eigenvalue weighted by atomic mass is 9.99. The van der Waals surface area contributed by atoms with Gasteiger partial charge in [0.25, 0.3) is 10.0 Å². The smallest absolute Gasteiger partial charge is 0.264 e. The van der Waals surface area contributed by atoms with E-state index in [1.165, 1.54) is 4.31 Å². The number of nitrogens with zero attached hydrogens (tertiary/aromatic N) is 1. The summed E-state index contributed by atoms with van der Waals surface area (Å²) in [6.45, 7) is 5.36. The van der Waals surface area contributed by atoms with Crippen molar-refractivity contribution in [1.29, 1.82) is 0 Å². The molecule has 1 amide bonds. The lowest BCUT2D eigenvalue weighted by Gasteiger charge is -2.27. The van der Waals surface area contributed by atoms with Gasteiger partial charge in [-0.15, -0.1) is 0 Å². The van der Waals surface area contributed by atoms with E-state index in [1.54, 1.807) is 30.3 Å². The monoisotopic (exact) mass is 498 g/mol. The number of aryl methyl sites for hydroxylation is 3. The van der Waals surface area contributed by atoms with E-state index in [-0.39, 0.29) is 11.4 Å². The summed E-state index contributed by atoms with van der Waals surface area (Å²) < 4.78 is 28.8. The Kier molecular flexibility index (Phi) is 7.55. The molecule has 0 atom stereocenters. The maximum Gasteiger partial charge on any atom is 0.264 e. The van der Waals surface area contributed by atoms with Gasteiger partial charge in [-0.1, -0.05) is 96.1 Å². The standard InChI is InChI=1S/C30H30N2O3S/c1-22-14-17-27(18-15-22)36(34,35)32(28-19-16-23(2)20-24(28)3)21-29(33)31-30(25-10-6-4-7-11-25)26-12-8-5-9-13-26/h4-20,30H,21H2,1-3H3,(H,31,33). The number of carbonyl (C=O) groups is 1. The van der Waals surface area contributed by atoms with Gasteiger partial charge in [0.2, 0.25) is 5.91 Å². The molecule has 0 radical (unpaired) electrons. The van der Waals surface area contributed by atoms with Crippen LogP contribution in [0.2, 0.25) is 0 Å². The van der Waals surface area contributed by atoms with E-state index in [0.717, 1.165) is 27.8 Å². The van der Waals surface area contributed by atoms with Crippen LogP contribution in [0.4, 0.5) is 5.69 Å². The normalized spacial score (nSPS) is 11.3. The predicted molar refractivity (Wildman–Crippen MR) is 144 cm³/mol. The highest BCUT2D eigenvalue weighted by Crippen LogP contribution is 2.28. The molecule has 4 aromatic carbocycles. The number of nitrogens with one attached hydrogen (secondary N) is 1. The van der Waals surface area contributed by atoms with Crippen molar-refractivity contribution in [3.63, 3.8) is 0 Å². The molecule has 0 saturated heterocycles. The van der Waals surface area contributed by atoms with Crippen molar-refractivity contribution in [2.24, 2.45) is 0 Å². The Balaban J connectivity index is 1.71. The van der Waals surface area contributed by atoms with Crippen LogP contribution < -0.4 is 9.62 Å². The molecule has 1 N–H and O–H groups in total. The Bertz CT molecular complexity index is 1400. The minimum atomic E-state index is -3.99. The van der Waals surface area contributed by atoms with Gasteiger partial charge in [-0.3, -0.25) is 9.10 Å². The van der Waals surface area contributed by atoms with E-state index in [1.807, 2.05) is 93.6 Å². The molecule has 0 spiro atoms. The second-order valence-corrected chi connectivity index (χ2v) is 10.8. The lowest BCUT2D eigenvalue weighted by molar-refractivity contribution is -0.120. The van der Waals surface area contributed by atoms with Crippen molar-refractivity contribution < 1.29 is 13.2 Å². The molecule has 4 rings (SSSR count). The molecular formula is C30H30N2O3S. The van der Waals surface area contributed by atoms with Crippen molar-refractivity contribution >= 4 is 21.6 Å². The van der Waals surface area contributed by atoms with Crippen LogP contribution in [0.3, 0.4) is 0 Å². The quantitative estimate of drug-likeness (QED) is 0.338. The number of amides is 1. The lowest BCUT2D eigenvalue weighted by Crippen LogP contribution is -2.42. The third-order valence-electron chi connectivity index (χ3n) is 6.09. The number of hydrogen-bond acceptors (Lipinski definition) is 3. The Labute approximate surface area is 213 Å². The molecule has 184 valence electrons. The maximum atomic E-state index is 13.8. The first-order valence-corrected chi connectivity index (χ1v) is 13.3. The van der Waals surface area contributed by atoms with Crippen molar-refractivity contribution in [3.05, 3.63) is 131 Å². The molecule has 0 aliphatic heterocycles. The third-order valence-corrected chi connectivity index (χ3v) is 7.86. The van der Waals surface area contributed by atoms with Crippen LogP contribution in [0.5, 0.6) is 0 Å². The summed E-state index contributed by atoms with van der Waals surface area (Å²) in [7, 11) is -3.99. The molecular weight excluding hydrogens is 468 g/mol. The third kappa shape index (κ3) is 5.66. The molecule has 0 unspecified atom stereocenters. The van der Waals surface area contributed by atoms with Crippen LogP contribution in [-0.2, 0) is 14.8 Å². The van der Waals surface area contributed by atoms with Gasteiger partial charge in [-0.2, -0.15) is 0 Å². The summed E-state index contributed by atoms with van der Waals surface area (Å²) in [4.78, 5) is 13.6. The topological polar surface area (TPSA) is 66.5 Å². The first-order chi connectivity index (χ1) is 17.3. The molecule has 0 aliphatic rings. The number of hydrogen-bond donors (Lipinski definition) is 1. The SMILES string of the molecule is Cc1ccc(S(=O)(=O)N(CC(=O)NC(c2ccccc2)c2ccccc2)c2ccc(C)cc2C)cc1. The molecule has 0 saturated carbocycles. The Morgan fingerprint density at radius 2 is 1.28 bits per heavy atom. The first-order valence-electron chi connectivity index (χ1n) is 11.8. The van der Waals surface area contributed by atoms with E-state index in [4.69, 9.17) is 0 Å². The van der Waals surface area contributed by atoms with Gasteiger partial charge in [-0.05, 0) is 55.7 Å². The van der Waals surface area contributed by atoms with Crippen LogP contribution in [0.25, 0.3) is 0 Å². The van der Waals surface area contributed by atoms with Gasteiger partial charge in [0.1, 0.15) is 6.54 Å². The average Bonchev–Trinajstić information content (AvgIpc) is 2.87. The predicted octanol–water partition coefficient (Wildman–Crippen LogP) is 5.71. The molecule has 6 heteroatoms. The van der Waals surface area contributed by atoms with Gasteiger partial charge in [0, 0.05) is 0 Å². The minimum Gasteiger partial charge on any atom is -0.344 e. The zero-order valence-electron chi connectivity index (χ0n) is 20.7. The number of rotatable bonds is 8. The fourth-order valence-electron chi connectivity index (χ4n) is 4.21. The second-order valence-electron chi connectivity index (χ2n) is 8.94. The number of anilines is 1. The van der Waals surface area contributed by atoms with Crippen molar-refractivity contribution in [2.45, 2.75) is 31.7 Å². The summed E-state index contributed by atoms with van der Waals surface area (Å²) >= 11 is 0. The van der Waals surface area contributed by atoms with Crippen LogP contribution in [-0.4, -0.2) is 20.9 Å². The summed E-state index contributed by atoms with van der Waals surface area (Å²) in [6.07, 6.45) is 0.